The SMILES string of the molecule is Cn1nccc1[C@H](O)c1cc2n(n1)CCN(Cc1noc(C(N)=O)n1)C2. The van der Waals surface area contributed by atoms with Crippen molar-refractivity contribution in [3.63, 3.8) is 0 Å². The topological polar surface area (TPSA) is 141 Å². The Hall–Kier alpha value is -3.05. The number of nitrogens with zero attached hydrogens (tertiary/aromatic N) is 7. The number of nitrogens with two attached hydrogens (primary N) is 1. The van der Waals surface area contributed by atoms with E-state index < -0.39 is 12.0 Å². The summed E-state index contributed by atoms with van der Waals surface area (Å²) in [5.74, 6) is -0.528. The summed E-state index contributed by atoms with van der Waals surface area (Å²) < 4.78 is 8.32. The van der Waals surface area contributed by atoms with E-state index in [1.54, 1.807) is 24.0 Å². The van der Waals surface area contributed by atoms with Crippen LogP contribution in [0.15, 0.2) is 22.9 Å². The first-order valence-corrected chi connectivity index (χ1v) is 8.08. The Morgan fingerprint density at radius 2 is 2.31 bits per heavy atom. The standard InChI is InChI=1S/C15H18N8O3/c1-21-11(2-3-17-21)13(24)10-6-9-7-22(4-5-23(9)19-10)8-12-18-15(14(16)25)26-20-12/h2-3,6,13,24H,4-5,7-8H2,1H3,(H2,16,25)/t13-/m1/s1. The summed E-state index contributed by atoms with van der Waals surface area (Å²) in [6.07, 6.45) is 0.811. The maximum absolute atomic E-state index is 11.0. The van der Waals surface area contributed by atoms with Gasteiger partial charge in [-0.2, -0.15) is 15.2 Å². The molecule has 0 saturated heterocycles. The van der Waals surface area contributed by atoms with Crippen molar-refractivity contribution < 1.29 is 14.4 Å². The van der Waals surface area contributed by atoms with Gasteiger partial charge in [0.05, 0.1) is 30.2 Å². The van der Waals surface area contributed by atoms with E-state index in [2.05, 4.69) is 25.2 Å². The second kappa shape index (κ2) is 6.35. The molecule has 0 saturated carbocycles. The van der Waals surface area contributed by atoms with Crippen LogP contribution in [0.3, 0.4) is 0 Å². The second-order valence-electron chi connectivity index (χ2n) is 6.16. The number of aryl methyl sites for hydroxylation is 1. The van der Waals surface area contributed by atoms with Gasteiger partial charge in [-0.05, 0) is 12.1 Å². The van der Waals surface area contributed by atoms with Gasteiger partial charge in [-0.15, -0.1) is 0 Å². The highest BCUT2D eigenvalue weighted by Gasteiger charge is 2.24. The first kappa shape index (κ1) is 16.4. The highest BCUT2D eigenvalue weighted by atomic mass is 16.5. The number of hydrogen-bond donors (Lipinski definition) is 2. The van der Waals surface area contributed by atoms with E-state index in [-0.39, 0.29) is 5.89 Å². The molecule has 0 bridgehead atoms. The highest BCUT2D eigenvalue weighted by molar-refractivity contribution is 5.87. The number of primary amides is 1. The molecular formula is C15H18N8O3. The lowest BCUT2D eigenvalue weighted by molar-refractivity contribution is 0.0958. The molecule has 11 heteroatoms. The Balaban J connectivity index is 1.48. The molecule has 136 valence electrons. The maximum Gasteiger partial charge on any atom is 0.315 e. The number of hydrogen-bond acceptors (Lipinski definition) is 8. The van der Waals surface area contributed by atoms with Crippen molar-refractivity contribution in [1.29, 1.82) is 0 Å². The largest absolute Gasteiger partial charge is 0.380 e. The third-order valence-corrected chi connectivity index (χ3v) is 4.36. The number of carbonyl (C=O) groups excluding carboxylic acids is 1. The number of fused-ring (bicyclic) bond motifs is 1. The zero-order valence-corrected chi connectivity index (χ0v) is 14.1. The van der Waals surface area contributed by atoms with Crippen LogP contribution in [0.1, 0.15) is 39.7 Å². The molecule has 0 aromatic carbocycles. The number of aromatic nitrogens is 6. The van der Waals surface area contributed by atoms with Gasteiger partial charge in [-0.25, -0.2) is 0 Å². The summed E-state index contributed by atoms with van der Waals surface area (Å²) in [6.45, 7) is 2.46. The molecule has 1 amide bonds. The van der Waals surface area contributed by atoms with Gasteiger partial charge >= 0.3 is 11.8 Å². The van der Waals surface area contributed by atoms with Crippen LogP contribution in [0, 0.1) is 0 Å². The Morgan fingerprint density at radius 1 is 1.46 bits per heavy atom. The smallest absolute Gasteiger partial charge is 0.315 e. The monoisotopic (exact) mass is 358 g/mol. The van der Waals surface area contributed by atoms with Gasteiger partial charge in [-0.3, -0.25) is 19.1 Å². The van der Waals surface area contributed by atoms with Crippen molar-refractivity contribution in [1.82, 2.24) is 34.6 Å². The van der Waals surface area contributed by atoms with Gasteiger partial charge in [0, 0.05) is 26.3 Å². The van der Waals surface area contributed by atoms with Crippen LogP contribution in [-0.4, -0.2) is 52.2 Å². The molecule has 11 nitrogen and oxygen atoms in total. The summed E-state index contributed by atoms with van der Waals surface area (Å²) >= 11 is 0. The molecule has 4 heterocycles. The molecule has 26 heavy (non-hydrogen) atoms. The van der Waals surface area contributed by atoms with Crippen molar-refractivity contribution in [2.45, 2.75) is 25.7 Å². The summed E-state index contributed by atoms with van der Waals surface area (Å²) in [6, 6.07) is 3.65. The molecule has 0 unspecified atom stereocenters. The summed E-state index contributed by atoms with van der Waals surface area (Å²) in [5.41, 5.74) is 7.36. The second-order valence-corrected chi connectivity index (χ2v) is 6.16. The fourth-order valence-electron chi connectivity index (χ4n) is 3.03. The average Bonchev–Trinajstić information content (AvgIpc) is 3.33. The number of amides is 1. The lowest BCUT2D eigenvalue weighted by atomic mass is 10.1. The highest BCUT2D eigenvalue weighted by Crippen LogP contribution is 2.23. The molecule has 1 aliphatic rings. The van der Waals surface area contributed by atoms with Gasteiger partial charge in [-0.1, -0.05) is 5.16 Å². The summed E-state index contributed by atoms with van der Waals surface area (Å²) in [4.78, 5) is 17.1. The van der Waals surface area contributed by atoms with Crippen LogP contribution in [0.4, 0.5) is 0 Å². The minimum atomic E-state index is -0.829. The van der Waals surface area contributed by atoms with E-state index in [1.807, 2.05) is 10.7 Å². The molecule has 3 N–H and O–H groups in total. The van der Waals surface area contributed by atoms with Crippen LogP contribution in [0.2, 0.25) is 0 Å². The number of aliphatic hydroxyl groups excluding tert-OH is 1. The molecule has 1 atom stereocenters. The molecule has 0 spiro atoms. The third-order valence-electron chi connectivity index (χ3n) is 4.36. The Labute approximate surface area is 148 Å². The van der Waals surface area contributed by atoms with Crippen molar-refractivity contribution in [3.8, 4) is 0 Å². The number of carbonyl (C=O) groups is 1. The summed E-state index contributed by atoms with van der Waals surface area (Å²) in [7, 11) is 1.78. The van der Waals surface area contributed by atoms with Gasteiger partial charge in [0.25, 0.3) is 0 Å². The van der Waals surface area contributed by atoms with Gasteiger partial charge in [0.1, 0.15) is 6.10 Å². The minimum Gasteiger partial charge on any atom is -0.380 e. The molecule has 0 aliphatic carbocycles. The van der Waals surface area contributed by atoms with E-state index in [0.29, 0.717) is 36.8 Å². The third kappa shape index (κ3) is 2.97. The minimum absolute atomic E-state index is 0.191. The molecule has 3 aromatic rings. The molecule has 0 radical (unpaired) electrons. The van der Waals surface area contributed by atoms with Crippen LogP contribution in [0.25, 0.3) is 0 Å². The average molecular weight is 358 g/mol. The van der Waals surface area contributed by atoms with E-state index in [9.17, 15) is 9.90 Å². The van der Waals surface area contributed by atoms with Crippen molar-refractivity contribution in [2.75, 3.05) is 6.54 Å². The van der Waals surface area contributed by atoms with Crippen molar-refractivity contribution in [2.24, 2.45) is 12.8 Å². The normalized spacial score (nSPS) is 15.8. The van der Waals surface area contributed by atoms with E-state index in [1.165, 1.54) is 0 Å². The first-order chi connectivity index (χ1) is 12.5. The van der Waals surface area contributed by atoms with Gasteiger partial charge < -0.3 is 15.4 Å². The maximum atomic E-state index is 11.0. The molecule has 1 aliphatic heterocycles. The lowest BCUT2D eigenvalue weighted by Crippen LogP contribution is -2.33. The van der Waals surface area contributed by atoms with Crippen molar-refractivity contribution >= 4 is 5.91 Å². The van der Waals surface area contributed by atoms with Crippen LogP contribution in [0.5, 0.6) is 0 Å². The molecule has 3 aromatic heterocycles. The van der Waals surface area contributed by atoms with E-state index in [0.717, 1.165) is 12.2 Å². The van der Waals surface area contributed by atoms with Gasteiger partial charge in [0.15, 0.2) is 5.82 Å². The van der Waals surface area contributed by atoms with Gasteiger partial charge in [0.2, 0.25) is 0 Å². The van der Waals surface area contributed by atoms with E-state index >= 15 is 0 Å². The molecular weight excluding hydrogens is 340 g/mol. The Morgan fingerprint density at radius 3 is 3.00 bits per heavy atom. The number of rotatable bonds is 5. The zero-order valence-electron chi connectivity index (χ0n) is 14.1. The van der Waals surface area contributed by atoms with Crippen LogP contribution >= 0.6 is 0 Å². The summed E-state index contributed by atoms with van der Waals surface area (Å²) in [5, 5.41) is 22.9. The fraction of sp³-hybridized carbons (Fsp3) is 0.400. The quantitative estimate of drug-likeness (QED) is 0.603. The predicted molar refractivity (Wildman–Crippen MR) is 86.4 cm³/mol. The van der Waals surface area contributed by atoms with Crippen molar-refractivity contribution in [3.05, 3.63) is 47.1 Å². The Bertz CT molecular complexity index is 942. The van der Waals surface area contributed by atoms with E-state index in [4.69, 9.17) is 10.3 Å². The molecule has 0 fully saturated rings. The van der Waals surface area contributed by atoms with Crippen LogP contribution in [-0.2, 0) is 26.7 Å². The lowest BCUT2D eigenvalue weighted by Gasteiger charge is -2.26. The number of aliphatic hydroxyl groups is 1. The Kier molecular flexibility index (Phi) is 4.01. The molecule has 4 rings (SSSR count). The van der Waals surface area contributed by atoms with Crippen LogP contribution < -0.4 is 5.73 Å². The first-order valence-electron chi connectivity index (χ1n) is 8.08. The predicted octanol–water partition coefficient (Wildman–Crippen LogP) is -0.804. The zero-order chi connectivity index (χ0) is 18.3. The fourth-order valence-corrected chi connectivity index (χ4v) is 3.03.